The van der Waals surface area contributed by atoms with Crippen molar-refractivity contribution >= 4 is 10.0 Å². The zero-order chi connectivity index (χ0) is 15.5. The Morgan fingerprint density at radius 1 is 0.905 bits per heavy atom. The fourth-order valence-electron chi connectivity index (χ4n) is 1.80. The highest BCUT2D eigenvalue weighted by molar-refractivity contribution is 7.89. The van der Waals surface area contributed by atoms with Gasteiger partial charge in [-0.05, 0) is 35.4 Å². The summed E-state index contributed by atoms with van der Waals surface area (Å²) in [5.41, 5.74) is 1.47. The summed E-state index contributed by atoms with van der Waals surface area (Å²) < 4.78 is 48.0. The largest absolute Gasteiger partial charge is 0.309 e. The third-order valence-corrected chi connectivity index (χ3v) is 3.82. The lowest BCUT2D eigenvalue weighted by Crippen LogP contribution is -2.14. The van der Waals surface area contributed by atoms with Gasteiger partial charge >= 0.3 is 0 Å². The van der Waals surface area contributed by atoms with E-state index in [4.69, 9.17) is 5.14 Å². The van der Waals surface area contributed by atoms with Gasteiger partial charge in [-0.1, -0.05) is 18.2 Å². The van der Waals surface area contributed by atoms with Crippen molar-refractivity contribution in [1.82, 2.24) is 5.32 Å². The Bertz CT molecular complexity index is 731. The highest BCUT2D eigenvalue weighted by Crippen LogP contribution is 2.10. The van der Waals surface area contributed by atoms with E-state index in [9.17, 15) is 17.2 Å². The minimum absolute atomic E-state index is 0.0480. The van der Waals surface area contributed by atoms with Crippen LogP contribution in [0, 0.1) is 11.6 Å². The molecule has 0 aliphatic carbocycles. The van der Waals surface area contributed by atoms with Crippen LogP contribution < -0.4 is 10.5 Å². The van der Waals surface area contributed by atoms with Gasteiger partial charge in [-0.2, -0.15) is 0 Å². The molecule has 3 N–H and O–H groups in total. The van der Waals surface area contributed by atoms with E-state index in [1.165, 1.54) is 18.2 Å². The Morgan fingerprint density at radius 2 is 1.48 bits per heavy atom. The number of rotatable bonds is 5. The second-order valence-electron chi connectivity index (χ2n) is 4.54. The van der Waals surface area contributed by atoms with E-state index in [1.54, 1.807) is 12.1 Å². The molecule has 2 rings (SSSR count). The van der Waals surface area contributed by atoms with Gasteiger partial charge in [-0.25, -0.2) is 22.3 Å². The van der Waals surface area contributed by atoms with Crippen LogP contribution in [-0.4, -0.2) is 8.42 Å². The number of nitrogens with one attached hydrogen (secondary N) is 1. The van der Waals surface area contributed by atoms with E-state index in [0.29, 0.717) is 18.7 Å². The van der Waals surface area contributed by atoms with Gasteiger partial charge in [0.05, 0.1) is 4.90 Å². The summed E-state index contributed by atoms with van der Waals surface area (Å²) in [7, 11) is -3.69. The molecule has 21 heavy (non-hydrogen) atoms. The molecular formula is C14H14F2N2O2S. The van der Waals surface area contributed by atoms with Gasteiger partial charge in [-0.15, -0.1) is 0 Å². The highest BCUT2D eigenvalue weighted by atomic mass is 32.2. The zero-order valence-corrected chi connectivity index (χ0v) is 11.8. The first-order valence-electron chi connectivity index (χ1n) is 6.12. The highest BCUT2D eigenvalue weighted by Gasteiger charge is 2.06. The van der Waals surface area contributed by atoms with Crippen LogP contribution in [0.4, 0.5) is 8.78 Å². The first-order valence-corrected chi connectivity index (χ1v) is 7.67. The standard InChI is InChI=1S/C14H14F2N2O2S/c15-13-6-3-11(7-14(13)16)9-18-8-10-1-4-12(5-2-10)21(17,19)20/h1-7,18H,8-9H2,(H2,17,19,20). The van der Waals surface area contributed by atoms with Gasteiger partial charge in [0, 0.05) is 13.1 Å². The molecule has 0 radical (unpaired) electrons. The molecule has 0 aromatic heterocycles. The van der Waals surface area contributed by atoms with E-state index < -0.39 is 21.7 Å². The van der Waals surface area contributed by atoms with Crippen LogP contribution in [0.1, 0.15) is 11.1 Å². The summed E-state index contributed by atoms with van der Waals surface area (Å²) in [6, 6.07) is 9.82. The van der Waals surface area contributed by atoms with E-state index in [1.807, 2.05) is 0 Å². The minimum atomic E-state index is -3.69. The lowest BCUT2D eigenvalue weighted by molar-refractivity contribution is 0.506. The van der Waals surface area contributed by atoms with Crippen molar-refractivity contribution in [2.45, 2.75) is 18.0 Å². The predicted molar refractivity (Wildman–Crippen MR) is 74.7 cm³/mol. The average molecular weight is 312 g/mol. The third-order valence-electron chi connectivity index (χ3n) is 2.89. The second-order valence-corrected chi connectivity index (χ2v) is 6.10. The number of sulfonamides is 1. The molecule has 0 spiro atoms. The molecular weight excluding hydrogens is 298 g/mol. The summed E-state index contributed by atoms with van der Waals surface area (Å²) >= 11 is 0. The van der Waals surface area contributed by atoms with Crippen molar-refractivity contribution < 1.29 is 17.2 Å². The van der Waals surface area contributed by atoms with Gasteiger partial charge in [0.1, 0.15) is 0 Å². The van der Waals surface area contributed by atoms with Crippen LogP contribution in [0.15, 0.2) is 47.4 Å². The Morgan fingerprint density at radius 3 is 2.05 bits per heavy atom. The molecule has 112 valence electrons. The number of nitrogens with two attached hydrogens (primary N) is 1. The van der Waals surface area contributed by atoms with Crippen molar-refractivity contribution in [2.24, 2.45) is 5.14 Å². The molecule has 0 fully saturated rings. The van der Waals surface area contributed by atoms with Gasteiger partial charge < -0.3 is 5.32 Å². The molecule has 0 amide bonds. The van der Waals surface area contributed by atoms with Crippen molar-refractivity contribution in [3.8, 4) is 0 Å². The zero-order valence-electron chi connectivity index (χ0n) is 11.0. The maximum atomic E-state index is 13.0. The monoisotopic (exact) mass is 312 g/mol. The van der Waals surface area contributed by atoms with Gasteiger partial charge in [0.15, 0.2) is 11.6 Å². The Labute approximate surface area is 121 Å². The first kappa shape index (κ1) is 15.6. The van der Waals surface area contributed by atoms with E-state index in [2.05, 4.69) is 5.32 Å². The molecule has 0 bridgehead atoms. The Hall–Kier alpha value is -1.83. The predicted octanol–water partition coefficient (Wildman–Crippen LogP) is 1.90. The molecule has 0 aliphatic rings. The first-order chi connectivity index (χ1) is 9.86. The molecule has 0 saturated carbocycles. The molecule has 0 aliphatic heterocycles. The van der Waals surface area contributed by atoms with E-state index >= 15 is 0 Å². The number of hydrogen-bond donors (Lipinski definition) is 2. The van der Waals surface area contributed by atoms with Crippen LogP contribution in [0.25, 0.3) is 0 Å². The molecule has 0 unspecified atom stereocenters. The Kier molecular flexibility index (Phi) is 4.66. The SMILES string of the molecule is NS(=O)(=O)c1ccc(CNCc2ccc(F)c(F)c2)cc1. The third kappa shape index (κ3) is 4.32. The lowest BCUT2D eigenvalue weighted by Gasteiger charge is -2.06. The van der Waals surface area contributed by atoms with E-state index in [-0.39, 0.29) is 4.90 Å². The summed E-state index contributed by atoms with van der Waals surface area (Å²) in [5.74, 6) is -1.76. The molecule has 0 saturated heterocycles. The fourth-order valence-corrected chi connectivity index (χ4v) is 2.31. The number of primary sulfonamides is 1. The molecule has 4 nitrogen and oxygen atoms in total. The van der Waals surface area contributed by atoms with Crippen molar-refractivity contribution in [2.75, 3.05) is 0 Å². The summed E-state index contributed by atoms with van der Waals surface area (Å²) in [6.07, 6.45) is 0. The quantitative estimate of drug-likeness (QED) is 0.886. The number of hydrogen-bond acceptors (Lipinski definition) is 3. The summed E-state index contributed by atoms with van der Waals surface area (Å²) in [4.78, 5) is 0.0480. The topological polar surface area (TPSA) is 72.2 Å². The number of benzene rings is 2. The van der Waals surface area contributed by atoms with Crippen LogP contribution in [0.3, 0.4) is 0 Å². The molecule has 2 aromatic rings. The fraction of sp³-hybridized carbons (Fsp3) is 0.143. The van der Waals surface area contributed by atoms with Crippen LogP contribution in [-0.2, 0) is 23.1 Å². The molecule has 0 heterocycles. The Balaban J connectivity index is 1.93. The summed E-state index contributed by atoms with van der Waals surface area (Å²) in [5, 5.41) is 8.05. The normalized spacial score (nSPS) is 11.6. The smallest absolute Gasteiger partial charge is 0.238 e. The van der Waals surface area contributed by atoms with Gasteiger partial charge in [0.2, 0.25) is 10.0 Å². The van der Waals surface area contributed by atoms with Crippen molar-refractivity contribution in [3.63, 3.8) is 0 Å². The van der Waals surface area contributed by atoms with Crippen LogP contribution in [0.5, 0.6) is 0 Å². The minimum Gasteiger partial charge on any atom is -0.309 e. The maximum Gasteiger partial charge on any atom is 0.238 e. The van der Waals surface area contributed by atoms with Crippen molar-refractivity contribution in [1.29, 1.82) is 0 Å². The molecule has 0 atom stereocenters. The summed E-state index contributed by atoms with van der Waals surface area (Å²) in [6.45, 7) is 0.831. The lowest BCUT2D eigenvalue weighted by atomic mass is 10.2. The second kappa shape index (κ2) is 6.30. The number of halogens is 2. The van der Waals surface area contributed by atoms with Crippen LogP contribution in [0.2, 0.25) is 0 Å². The van der Waals surface area contributed by atoms with Gasteiger partial charge in [-0.3, -0.25) is 0 Å². The average Bonchev–Trinajstić information content (AvgIpc) is 2.42. The molecule has 7 heteroatoms. The maximum absolute atomic E-state index is 13.0. The van der Waals surface area contributed by atoms with E-state index in [0.717, 1.165) is 17.7 Å². The van der Waals surface area contributed by atoms with Crippen LogP contribution >= 0.6 is 0 Å². The molecule has 2 aromatic carbocycles. The van der Waals surface area contributed by atoms with Gasteiger partial charge in [0.25, 0.3) is 0 Å². The van der Waals surface area contributed by atoms with Crippen molar-refractivity contribution in [3.05, 3.63) is 65.2 Å².